The van der Waals surface area contributed by atoms with Crippen LogP contribution in [-0.2, 0) is 0 Å². The average Bonchev–Trinajstić information content (AvgIpc) is 2.54. The molecule has 0 fully saturated rings. The lowest BCUT2D eigenvalue weighted by atomic mass is 10.1. The largest absolute Gasteiger partial charge is 0.356 e. The Bertz CT molecular complexity index is 286. The molecule has 0 aromatic carbocycles. The van der Waals surface area contributed by atoms with Crippen molar-refractivity contribution in [2.75, 3.05) is 0 Å². The van der Waals surface area contributed by atoms with Gasteiger partial charge in [-0.05, 0) is 25.3 Å². The monoisotopic (exact) mass is 179 g/mol. The van der Waals surface area contributed by atoms with Crippen molar-refractivity contribution < 1.29 is 4.52 Å². The molecule has 0 radical (unpaired) electrons. The summed E-state index contributed by atoms with van der Waals surface area (Å²) in [5.74, 6) is 0.924. The highest BCUT2D eigenvalue weighted by atomic mass is 16.5. The van der Waals surface area contributed by atoms with E-state index in [2.05, 4.69) is 25.1 Å². The Morgan fingerprint density at radius 2 is 2.31 bits per heavy atom. The molecule has 0 spiro atoms. The summed E-state index contributed by atoms with van der Waals surface area (Å²) in [6.07, 6.45) is 5.54. The molecule has 0 saturated carbocycles. The number of rotatable bonds is 4. The number of nitrogens with zero attached hydrogens (tertiary/aromatic N) is 1. The highest BCUT2D eigenvalue weighted by Crippen LogP contribution is 2.19. The lowest BCUT2D eigenvalue weighted by Gasteiger charge is -1.97. The maximum Gasteiger partial charge on any atom is 0.162 e. The Morgan fingerprint density at radius 3 is 2.77 bits per heavy atom. The van der Waals surface area contributed by atoms with Crippen LogP contribution in [0.2, 0.25) is 0 Å². The average molecular weight is 179 g/mol. The van der Waals surface area contributed by atoms with Crippen molar-refractivity contribution in [2.45, 2.75) is 40.0 Å². The molecule has 0 N–H and O–H groups in total. The minimum atomic E-state index is 0.924. The van der Waals surface area contributed by atoms with Crippen LogP contribution in [0.5, 0.6) is 0 Å². The zero-order chi connectivity index (χ0) is 9.68. The van der Waals surface area contributed by atoms with Crippen LogP contribution in [-0.4, -0.2) is 5.16 Å². The van der Waals surface area contributed by atoms with Crippen LogP contribution in [0.25, 0.3) is 5.57 Å². The zero-order valence-electron chi connectivity index (χ0n) is 8.63. The first-order chi connectivity index (χ1) is 6.27. The van der Waals surface area contributed by atoms with Gasteiger partial charge in [-0.15, -0.1) is 0 Å². The van der Waals surface area contributed by atoms with Crippen LogP contribution in [0.15, 0.2) is 16.7 Å². The Morgan fingerprint density at radius 1 is 1.54 bits per heavy atom. The first-order valence-electron chi connectivity index (χ1n) is 4.90. The third-order valence-electron chi connectivity index (χ3n) is 2.00. The van der Waals surface area contributed by atoms with Gasteiger partial charge in [0.15, 0.2) is 5.76 Å². The molecule has 0 amide bonds. The van der Waals surface area contributed by atoms with Crippen LogP contribution in [0.4, 0.5) is 0 Å². The van der Waals surface area contributed by atoms with E-state index in [9.17, 15) is 0 Å². The third-order valence-corrected chi connectivity index (χ3v) is 2.00. The molecule has 2 nitrogen and oxygen atoms in total. The van der Waals surface area contributed by atoms with Gasteiger partial charge in [0.2, 0.25) is 0 Å². The molecule has 0 atom stereocenters. The molecular weight excluding hydrogens is 162 g/mol. The minimum Gasteiger partial charge on any atom is -0.356 e. The van der Waals surface area contributed by atoms with Gasteiger partial charge in [0.25, 0.3) is 0 Å². The van der Waals surface area contributed by atoms with Crippen LogP contribution >= 0.6 is 0 Å². The third kappa shape index (κ3) is 2.72. The lowest BCUT2D eigenvalue weighted by Crippen LogP contribution is -1.79. The summed E-state index contributed by atoms with van der Waals surface area (Å²) >= 11 is 0. The quantitative estimate of drug-likeness (QED) is 0.706. The highest BCUT2D eigenvalue weighted by molar-refractivity contribution is 5.60. The molecule has 13 heavy (non-hydrogen) atoms. The summed E-state index contributed by atoms with van der Waals surface area (Å²) < 4.78 is 5.20. The lowest BCUT2D eigenvalue weighted by molar-refractivity contribution is 0.404. The number of aryl methyl sites for hydroxylation is 1. The van der Waals surface area contributed by atoms with Crippen molar-refractivity contribution in [3.63, 3.8) is 0 Å². The predicted molar refractivity (Wildman–Crippen MR) is 54.4 cm³/mol. The zero-order valence-corrected chi connectivity index (χ0v) is 8.63. The molecule has 0 aliphatic carbocycles. The summed E-state index contributed by atoms with van der Waals surface area (Å²) in [5, 5.41) is 3.88. The molecule has 0 saturated heterocycles. The first kappa shape index (κ1) is 10.0. The molecule has 1 heterocycles. The summed E-state index contributed by atoms with van der Waals surface area (Å²) in [6.45, 7) is 6.26. The summed E-state index contributed by atoms with van der Waals surface area (Å²) in [7, 11) is 0. The van der Waals surface area contributed by atoms with Crippen LogP contribution in [0.1, 0.15) is 44.6 Å². The fraction of sp³-hybridized carbons (Fsp3) is 0.545. The minimum absolute atomic E-state index is 0.924. The number of aromatic nitrogens is 1. The van der Waals surface area contributed by atoms with E-state index >= 15 is 0 Å². The molecule has 0 aliphatic rings. The van der Waals surface area contributed by atoms with Crippen molar-refractivity contribution in [1.82, 2.24) is 5.16 Å². The van der Waals surface area contributed by atoms with Gasteiger partial charge in [-0.2, -0.15) is 0 Å². The molecule has 2 heteroatoms. The number of hydrogen-bond donors (Lipinski definition) is 0. The topological polar surface area (TPSA) is 26.0 Å². The molecule has 0 bridgehead atoms. The van der Waals surface area contributed by atoms with E-state index in [0.29, 0.717) is 0 Å². The van der Waals surface area contributed by atoms with E-state index in [-0.39, 0.29) is 0 Å². The summed E-state index contributed by atoms with van der Waals surface area (Å²) in [6, 6.07) is 1.99. The van der Waals surface area contributed by atoms with E-state index in [0.717, 1.165) is 24.3 Å². The molecule has 1 aromatic heterocycles. The van der Waals surface area contributed by atoms with Crippen LogP contribution < -0.4 is 0 Å². The SMILES string of the molecule is CCC/C=C(/CC)c1cc(C)no1. The van der Waals surface area contributed by atoms with Crippen molar-refractivity contribution in [1.29, 1.82) is 0 Å². The first-order valence-corrected chi connectivity index (χ1v) is 4.90. The van der Waals surface area contributed by atoms with E-state index < -0.39 is 0 Å². The second-order valence-electron chi connectivity index (χ2n) is 3.20. The van der Waals surface area contributed by atoms with Gasteiger partial charge in [0.05, 0.1) is 5.69 Å². The second-order valence-corrected chi connectivity index (χ2v) is 3.20. The maximum absolute atomic E-state index is 5.20. The normalized spacial score (nSPS) is 12.1. The van der Waals surface area contributed by atoms with Gasteiger partial charge in [-0.1, -0.05) is 31.5 Å². The number of unbranched alkanes of at least 4 members (excludes halogenated alkanes) is 1. The Kier molecular flexibility index (Phi) is 3.74. The van der Waals surface area contributed by atoms with Crippen molar-refractivity contribution in [3.8, 4) is 0 Å². The van der Waals surface area contributed by atoms with E-state index in [4.69, 9.17) is 4.52 Å². The van der Waals surface area contributed by atoms with E-state index in [1.807, 2.05) is 13.0 Å². The Labute approximate surface area is 79.6 Å². The highest BCUT2D eigenvalue weighted by Gasteiger charge is 2.04. The fourth-order valence-corrected chi connectivity index (χ4v) is 1.25. The van der Waals surface area contributed by atoms with Crippen molar-refractivity contribution in [2.24, 2.45) is 0 Å². The van der Waals surface area contributed by atoms with Crippen molar-refractivity contribution in [3.05, 3.63) is 23.6 Å². The predicted octanol–water partition coefficient (Wildman–Crippen LogP) is 3.58. The molecule has 1 rings (SSSR count). The van der Waals surface area contributed by atoms with E-state index in [1.165, 1.54) is 12.0 Å². The summed E-state index contributed by atoms with van der Waals surface area (Å²) in [4.78, 5) is 0. The molecule has 1 aromatic rings. The van der Waals surface area contributed by atoms with Gasteiger partial charge in [-0.3, -0.25) is 0 Å². The Hall–Kier alpha value is -1.05. The number of allylic oxidation sites excluding steroid dienone is 2. The van der Waals surface area contributed by atoms with Crippen LogP contribution in [0.3, 0.4) is 0 Å². The molecule has 72 valence electrons. The maximum atomic E-state index is 5.20. The molecular formula is C11H17NO. The van der Waals surface area contributed by atoms with Gasteiger partial charge in [-0.25, -0.2) is 0 Å². The van der Waals surface area contributed by atoms with Gasteiger partial charge in [0, 0.05) is 6.07 Å². The summed E-state index contributed by atoms with van der Waals surface area (Å²) in [5.41, 5.74) is 2.22. The van der Waals surface area contributed by atoms with E-state index in [1.54, 1.807) is 0 Å². The smallest absolute Gasteiger partial charge is 0.162 e. The van der Waals surface area contributed by atoms with Crippen molar-refractivity contribution >= 4 is 5.57 Å². The van der Waals surface area contributed by atoms with Crippen LogP contribution in [0, 0.1) is 6.92 Å². The van der Waals surface area contributed by atoms with Gasteiger partial charge < -0.3 is 4.52 Å². The van der Waals surface area contributed by atoms with Gasteiger partial charge in [0.1, 0.15) is 0 Å². The Balaban J connectivity index is 2.77. The fourth-order valence-electron chi connectivity index (χ4n) is 1.25. The number of hydrogen-bond acceptors (Lipinski definition) is 2. The standard InChI is InChI=1S/C11H17NO/c1-4-6-7-10(5-2)11-8-9(3)12-13-11/h7-8H,4-6H2,1-3H3/b10-7-. The molecule has 0 unspecified atom stereocenters. The second kappa shape index (κ2) is 4.85. The molecule has 0 aliphatic heterocycles. The van der Waals surface area contributed by atoms with Gasteiger partial charge >= 0.3 is 0 Å².